The number of nitrogens with zero attached hydrogens (tertiary/aromatic N) is 2. The summed E-state index contributed by atoms with van der Waals surface area (Å²) >= 11 is 0. The summed E-state index contributed by atoms with van der Waals surface area (Å²) in [5, 5.41) is 19.1. The number of benzene rings is 2. The van der Waals surface area contributed by atoms with Crippen LogP contribution < -0.4 is 16.8 Å². The molecule has 2 aromatic carbocycles. The molecule has 2 rings (SSSR count). The number of nitriles is 1. The van der Waals surface area contributed by atoms with E-state index in [1.54, 1.807) is 6.07 Å². The van der Waals surface area contributed by atoms with Crippen molar-refractivity contribution >= 4 is 18.0 Å². The molecular formula is C23H25FN6O. The molecule has 0 unspecified atom stereocenters. The van der Waals surface area contributed by atoms with Gasteiger partial charge < -0.3 is 16.8 Å². The molecule has 31 heavy (non-hydrogen) atoms. The van der Waals surface area contributed by atoms with Crippen LogP contribution in [0.3, 0.4) is 0 Å². The molecule has 0 aliphatic carbocycles. The van der Waals surface area contributed by atoms with Gasteiger partial charge in [-0.1, -0.05) is 30.3 Å². The van der Waals surface area contributed by atoms with Crippen LogP contribution in [0.4, 0.5) is 4.39 Å². The third-order valence-electron chi connectivity index (χ3n) is 4.68. The van der Waals surface area contributed by atoms with Gasteiger partial charge in [-0.15, -0.1) is 0 Å². The number of aliphatic imine (C=N–C) groups is 1. The highest BCUT2D eigenvalue weighted by atomic mass is 19.1. The van der Waals surface area contributed by atoms with E-state index >= 15 is 0 Å². The maximum atomic E-state index is 13.9. The zero-order valence-corrected chi connectivity index (χ0v) is 17.4. The summed E-state index contributed by atoms with van der Waals surface area (Å²) < 4.78 is 13.9. The van der Waals surface area contributed by atoms with Crippen LogP contribution >= 0.6 is 0 Å². The molecule has 0 fully saturated rings. The molecule has 0 aliphatic rings. The molecule has 160 valence electrons. The van der Waals surface area contributed by atoms with E-state index < -0.39 is 17.1 Å². The van der Waals surface area contributed by atoms with E-state index in [0.29, 0.717) is 12.1 Å². The maximum absolute atomic E-state index is 13.9. The Kier molecular flexibility index (Phi) is 7.64. The Labute approximate surface area is 180 Å². The summed E-state index contributed by atoms with van der Waals surface area (Å²) in [4.78, 5) is 16.6. The Hall–Kier alpha value is -3.99. The highest BCUT2D eigenvalue weighted by molar-refractivity contribution is 6.12. The van der Waals surface area contributed by atoms with Crippen molar-refractivity contribution in [3.8, 4) is 6.07 Å². The van der Waals surface area contributed by atoms with Gasteiger partial charge in [-0.2, -0.15) is 5.26 Å². The summed E-state index contributed by atoms with van der Waals surface area (Å²) in [7, 11) is 0. The van der Waals surface area contributed by atoms with Crippen molar-refractivity contribution in [1.82, 2.24) is 5.32 Å². The van der Waals surface area contributed by atoms with E-state index in [9.17, 15) is 14.4 Å². The van der Waals surface area contributed by atoms with Crippen molar-refractivity contribution in [2.45, 2.75) is 32.4 Å². The summed E-state index contributed by atoms with van der Waals surface area (Å²) in [6.07, 6.45) is 2.53. The smallest absolute Gasteiger partial charge is 0.254 e. The molecule has 6 N–H and O–H groups in total. The highest BCUT2D eigenvalue weighted by Gasteiger charge is 2.19. The molecule has 0 atom stereocenters. The number of carbonyl (C=O) groups excluding carboxylic acids is 1. The van der Waals surface area contributed by atoms with Crippen molar-refractivity contribution < 1.29 is 9.18 Å². The molecule has 0 radical (unpaired) electrons. The Morgan fingerprint density at radius 2 is 1.90 bits per heavy atom. The molecule has 0 heterocycles. The first-order valence-electron chi connectivity index (χ1n) is 9.51. The largest absolute Gasteiger partial charge is 0.404 e. The van der Waals surface area contributed by atoms with Gasteiger partial charge in [-0.05, 0) is 42.7 Å². The van der Waals surface area contributed by atoms with Gasteiger partial charge in [0, 0.05) is 19.0 Å². The zero-order valence-electron chi connectivity index (χ0n) is 17.4. The third kappa shape index (κ3) is 6.24. The third-order valence-corrected chi connectivity index (χ3v) is 4.68. The van der Waals surface area contributed by atoms with Crippen LogP contribution in [0.1, 0.15) is 36.1 Å². The average molecular weight is 420 g/mol. The Morgan fingerprint density at radius 1 is 1.26 bits per heavy atom. The first-order chi connectivity index (χ1) is 14.7. The molecule has 0 aliphatic heterocycles. The number of rotatable bonds is 8. The summed E-state index contributed by atoms with van der Waals surface area (Å²) in [5.74, 6) is -1.44. The van der Waals surface area contributed by atoms with Crippen molar-refractivity contribution in [2.24, 2.45) is 16.5 Å². The van der Waals surface area contributed by atoms with Gasteiger partial charge in [-0.25, -0.2) is 4.39 Å². The van der Waals surface area contributed by atoms with Crippen LogP contribution in [0.25, 0.3) is 0 Å². The van der Waals surface area contributed by atoms with Crippen molar-refractivity contribution in [3.63, 3.8) is 0 Å². The lowest BCUT2D eigenvalue weighted by atomic mass is 9.86. The average Bonchev–Trinajstić information content (AvgIpc) is 2.75. The van der Waals surface area contributed by atoms with E-state index in [1.807, 2.05) is 38.1 Å². The Morgan fingerprint density at radius 3 is 2.45 bits per heavy atom. The molecule has 0 saturated heterocycles. The number of nitrogen functional groups attached to an aromatic ring is 1. The zero-order chi connectivity index (χ0) is 23.0. The molecule has 0 saturated carbocycles. The highest BCUT2D eigenvalue weighted by Crippen LogP contribution is 2.22. The Bertz CT molecular complexity index is 1060. The van der Waals surface area contributed by atoms with Gasteiger partial charge in [0.2, 0.25) is 0 Å². The summed E-state index contributed by atoms with van der Waals surface area (Å²) in [6.45, 7) is 4.12. The fourth-order valence-corrected chi connectivity index (χ4v) is 2.69. The number of amides is 1. The lowest BCUT2D eigenvalue weighted by Gasteiger charge is -2.15. The second-order valence-electron chi connectivity index (χ2n) is 7.44. The first kappa shape index (κ1) is 23.3. The number of amidine groups is 1. The fraction of sp³-hybridized carbons (Fsp3) is 0.217. The number of nitrogens with two attached hydrogens (primary N) is 2. The molecule has 2 aromatic rings. The predicted octanol–water partition coefficient (Wildman–Crippen LogP) is 2.64. The summed E-state index contributed by atoms with van der Waals surface area (Å²) in [5.41, 5.74) is 12.8. The molecule has 8 heteroatoms. The monoisotopic (exact) mass is 420 g/mol. The van der Waals surface area contributed by atoms with E-state index in [0.717, 1.165) is 17.3 Å². The predicted molar refractivity (Wildman–Crippen MR) is 119 cm³/mol. The van der Waals surface area contributed by atoms with Crippen LogP contribution in [0.5, 0.6) is 0 Å². The van der Waals surface area contributed by atoms with Crippen LogP contribution in [0.2, 0.25) is 0 Å². The number of carbonyl (C=O) groups is 1. The van der Waals surface area contributed by atoms with E-state index in [1.165, 1.54) is 18.3 Å². The number of halogens is 1. The van der Waals surface area contributed by atoms with Crippen LogP contribution in [-0.4, -0.2) is 18.0 Å². The first-order valence-corrected chi connectivity index (χ1v) is 9.51. The second-order valence-corrected chi connectivity index (χ2v) is 7.44. The van der Waals surface area contributed by atoms with Crippen LogP contribution in [0.15, 0.2) is 59.2 Å². The van der Waals surface area contributed by atoms with Gasteiger partial charge in [-0.3, -0.25) is 15.2 Å². The van der Waals surface area contributed by atoms with Gasteiger partial charge in [0.25, 0.3) is 5.91 Å². The molecular weight excluding hydrogens is 395 g/mol. The Balaban J connectivity index is 1.94. The minimum Gasteiger partial charge on any atom is -0.404 e. The van der Waals surface area contributed by atoms with Gasteiger partial charge in [0.1, 0.15) is 11.7 Å². The minimum atomic E-state index is -0.625. The van der Waals surface area contributed by atoms with Gasteiger partial charge in [0.05, 0.1) is 29.2 Å². The van der Waals surface area contributed by atoms with E-state index in [-0.39, 0.29) is 23.5 Å². The number of nitrogens with one attached hydrogen (secondary N) is 2. The second kappa shape index (κ2) is 10.2. The lowest BCUT2D eigenvalue weighted by molar-refractivity contribution is -0.117. The van der Waals surface area contributed by atoms with Crippen molar-refractivity contribution in [2.75, 3.05) is 0 Å². The lowest BCUT2D eigenvalue weighted by Crippen LogP contribution is -2.26. The molecule has 0 aromatic heterocycles. The fourth-order valence-electron chi connectivity index (χ4n) is 2.69. The molecule has 7 nitrogen and oxygen atoms in total. The quantitative estimate of drug-likeness (QED) is 0.296. The van der Waals surface area contributed by atoms with Crippen LogP contribution in [0, 0.1) is 22.6 Å². The summed E-state index contributed by atoms with van der Waals surface area (Å²) in [6, 6.07) is 14.0. The normalized spacial score (nSPS) is 11.9. The van der Waals surface area contributed by atoms with Crippen molar-refractivity contribution in [1.29, 1.82) is 10.7 Å². The van der Waals surface area contributed by atoms with Gasteiger partial charge >= 0.3 is 0 Å². The number of hydrogen-bond acceptors (Lipinski definition) is 5. The van der Waals surface area contributed by atoms with Crippen molar-refractivity contribution in [3.05, 3.63) is 82.3 Å². The molecule has 1 amide bonds. The van der Waals surface area contributed by atoms with Crippen LogP contribution in [-0.2, 0) is 23.3 Å². The van der Waals surface area contributed by atoms with Gasteiger partial charge in [0.15, 0.2) is 0 Å². The maximum Gasteiger partial charge on any atom is 0.254 e. The number of hydrogen-bond donors (Lipinski definition) is 4. The topological polar surface area (TPSA) is 141 Å². The minimum absolute atomic E-state index is 0.00831. The van der Waals surface area contributed by atoms with E-state index in [2.05, 4.69) is 16.4 Å². The molecule has 0 bridgehead atoms. The molecule has 0 spiro atoms. The SMILES string of the molecule is CC(C)(C#N)c1ccc(CN=C/C(=C\N)C(=O)NCc2ccc(C(=N)N)c(F)c2)cc1. The van der Waals surface area contributed by atoms with E-state index in [4.69, 9.17) is 16.9 Å². The standard InChI is InChI=1S/C23H25FN6O/c1-23(2,14-26)18-6-3-15(4-7-18)11-29-13-17(10-25)22(31)30-12-16-5-8-19(21(27)28)20(24)9-16/h3-10,13H,11-12,25H2,1-2H3,(H3,27,28)(H,30,31)/b17-10+,29-13?.